The molecule has 7 N–H and O–H groups in total. The molecule has 0 unspecified atom stereocenters. The van der Waals surface area contributed by atoms with E-state index in [1.807, 2.05) is 13.0 Å². The fraction of sp³-hybridized carbons (Fsp3) is 0.569. The van der Waals surface area contributed by atoms with E-state index in [4.69, 9.17) is 41.0 Å². The van der Waals surface area contributed by atoms with Gasteiger partial charge in [-0.1, -0.05) is 68.3 Å². The molecule has 3 heterocycles. The predicted molar refractivity (Wildman–Crippen MR) is 301 cm³/mol. The summed E-state index contributed by atoms with van der Waals surface area (Å²) < 4.78 is 29.8. The van der Waals surface area contributed by atoms with E-state index in [1.165, 1.54) is 59.2 Å². The van der Waals surface area contributed by atoms with Crippen molar-refractivity contribution in [3.05, 3.63) is 76.3 Å². The van der Waals surface area contributed by atoms with Crippen LogP contribution in [0.1, 0.15) is 122 Å². The lowest BCUT2D eigenvalue weighted by atomic mass is 9.78. The van der Waals surface area contributed by atoms with Crippen molar-refractivity contribution in [2.75, 3.05) is 45.1 Å². The van der Waals surface area contributed by atoms with Gasteiger partial charge in [0.15, 0.2) is 0 Å². The van der Waals surface area contributed by atoms with Gasteiger partial charge in [0.25, 0.3) is 5.91 Å². The maximum Gasteiger partial charge on any atom is 0.328 e. The number of rotatable bonds is 21. The molecule has 444 valence electrons. The highest BCUT2D eigenvalue weighted by molar-refractivity contribution is 6.35. The summed E-state index contributed by atoms with van der Waals surface area (Å²) in [6.07, 6.45) is 2.46. The number of epoxide rings is 1. The van der Waals surface area contributed by atoms with Crippen LogP contribution in [0, 0.1) is 11.8 Å². The highest BCUT2D eigenvalue weighted by Crippen LogP contribution is 2.50. The highest BCUT2D eigenvalue weighted by atomic mass is 35.5. The summed E-state index contributed by atoms with van der Waals surface area (Å²) in [6.45, 7) is 11.7. The summed E-state index contributed by atoms with van der Waals surface area (Å²) in [7, 11) is 5.77. The molecule has 0 aromatic heterocycles. The number of ether oxygens (including phenoxy) is 5. The number of methoxy groups -OCH3 is 2. The van der Waals surface area contributed by atoms with Crippen LogP contribution in [0.4, 0.5) is 16.2 Å². The average Bonchev–Trinajstić information content (AvgIpc) is 4.32. The number of nitrogens with two attached hydrogens (primary N) is 1. The molecule has 23 heteroatoms. The number of halogens is 1. The van der Waals surface area contributed by atoms with Crippen molar-refractivity contribution in [2.24, 2.45) is 17.6 Å². The zero-order chi connectivity index (χ0) is 60.1. The van der Waals surface area contributed by atoms with Gasteiger partial charge in [0.05, 0.1) is 43.0 Å². The Morgan fingerprint density at radius 1 is 1.00 bits per heavy atom. The first-order chi connectivity index (χ1) is 38.1. The molecule has 0 radical (unpaired) electrons. The second kappa shape index (κ2) is 28.7. The second-order valence-electron chi connectivity index (χ2n) is 21.9. The number of primary amides is 1. The molecule has 2 saturated heterocycles. The van der Waals surface area contributed by atoms with Crippen LogP contribution in [0.5, 0.6) is 5.75 Å². The molecule has 0 spiro atoms. The summed E-state index contributed by atoms with van der Waals surface area (Å²) in [5, 5.41) is 22.8. The number of carbonyl (C=O) groups is 9. The van der Waals surface area contributed by atoms with E-state index in [0.717, 1.165) is 16.0 Å². The van der Waals surface area contributed by atoms with Gasteiger partial charge in [0.2, 0.25) is 23.6 Å². The Kier molecular flexibility index (Phi) is 23.0. The number of para-hydroxylation sites is 1. The molecular formula is C58H80ClN7O15. The van der Waals surface area contributed by atoms with Crippen molar-refractivity contribution in [3.63, 3.8) is 0 Å². The van der Waals surface area contributed by atoms with Gasteiger partial charge < -0.3 is 70.4 Å². The number of ketones is 1. The summed E-state index contributed by atoms with van der Waals surface area (Å²) in [6, 6.07) is 5.11. The minimum Gasteiger partial charge on any atom is -0.495 e. The molecule has 3 aliphatic rings. The molecule has 2 aromatic rings. The monoisotopic (exact) mass is 1150 g/mol. The number of unbranched alkanes of at least 4 members (excludes halogenated alkanes) is 1. The Bertz CT molecular complexity index is 2740. The van der Waals surface area contributed by atoms with Crippen molar-refractivity contribution in [1.29, 1.82) is 0 Å². The SMILES string of the molecule is COc1cc2cc(c1Cl)N(C)C(=O)C[C@H](OC(=O)[C@H](C)N(C)C(=O)c1ccccc1NC(=O)[C@H](CCCNC(N)=O)NC(=O)[C@@H](NC(=O)CCCCC(C)=O)C(C)C)[C@]1(C)O[C@H]1[C@H](C)[C@@H]1C[C@@](O)(CC(=O)O1)[C@H](OC)/C=C/C=C(\C)C2. The number of esters is 2. The molecule has 2 fully saturated rings. The first kappa shape index (κ1) is 64.9. The number of hydrogen-bond acceptors (Lipinski definition) is 15. The number of nitrogens with one attached hydrogen (secondary N) is 4. The van der Waals surface area contributed by atoms with Gasteiger partial charge in [0.1, 0.15) is 64.2 Å². The Morgan fingerprint density at radius 2 is 1.69 bits per heavy atom. The fourth-order valence-electron chi connectivity index (χ4n) is 10.1. The van der Waals surface area contributed by atoms with Crippen LogP contribution in [0.2, 0.25) is 5.02 Å². The van der Waals surface area contributed by atoms with Crippen molar-refractivity contribution >= 4 is 76.3 Å². The molecule has 81 heavy (non-hydrogen) atoms. The van der Waals surface area contributed by atoms with E-state index in [-0.39, 0.29) is 60.7 Å². The lowest BCUT2D eigenvalue weighted by molar-refractivity contribution is -0.187. The number of hydrogen-bond donors (Lipinski definition) is 6. The third kappa shape index (κ3) is 17.1. The number of nitrogens with zero attached hydrogens (tertiary/aromatic N) is 2. The predicted octanol–water partition coefficient (Wildman–Crippen LogP) is 5.24. The highest BCUT2D eigenvalue weighted by Gasteiger charge is 2.64. The molecular weight excluding hydrogens is 1070 g/mol. The van der Waals surface area contributed by atoms with Gasteiger partial charge in [-0.15, -0.1) is 0 Å². The Hall–Kier alpha value is -6.88. The summed E-state index contributed by atoms with van der Waals surface area (Å²) >= 11 is 6.86. The molecule has 0 saturated carbocycles. The maximum absolute atomic E-state index is 14.6. The van der Waals surface area contributed by atoms with E-state index in [0.29, 0.717) is 37.1 Å². The third-order valence-electron chi connectivity index (χ3n) is 15.2. The standard InChI is InChI=1S/C58H80ClN7O15/c1-32(2)50(64-46(68)24-15-12-19-34(4)67)53(72)63-40(22-17-25-61-56(60)75)52(71)62-39-21-14-13-20-38(39)54(73)65(8)36(6)55(74)80-45-29-47(69)66(9)41-27-37(28-42(77-10)49(41)59)26-33(3)18-16-23-44(78-11)58(76)30-43(79-48(70)31-58)35(5)51-57(45,7)81-51/h13-14,16,18,20-21,23,27-28,32,35-36,40,43-45,50-51,76H,12,15,17,19,22,24-26,29-31H2,1-11H3,(H,62,71)(H,63,72)(H,64,68)(H3,60,61,75)/b23-16+,33-18+/t35-,36+,40+,43+,44-,45+,50+,51+,57+,58-/m1/s1. The molecule has 7 amide bonds. The number of anilines is 2. The zero-order valence-corrected chi connectivity index (χ0v) is 48.9. The number of carbonyl (C=O) groups excluding carboxylic acids is 9. The van der Waals surface area contributed by atoms with Crippen LogP contribution in [0.25, 0.3) is 0 Å². The lowest BCUT2D eigenvalue weighted by Gasteiger charge is -2.41. The van der Waals surface area contributed by atoms with Crippen LogP contribution < -0.4 is 36.6 Å². The van der Waals surface area contributed by atoms with Crippen molar-refractivity contribution in [3.8, 4) is 5.75 Å². The van der Waals surface area contributed by atoms with Crippen LogP contribution >= 0.6 is 11.6 Å². The Morgan fingerprint density at radius 3 is 2.35 bits per heavy atom. The molecule has 2 aromatic carbocycles. The number of amides is 7. The van der Waals surface area contributed by atoms with E-state index in [9.17, 15) is 48.3 Å². The number of benzene rings is 2. The third-order valence-corrected chi connectivity index (χ3v) is 15.6. The zero-order valence-electron chi connectivity index (χ0n) is 48.2. The molecule has 4 bridgehead atoms. The second-order valence-corrected chi connectivity index (χ2v) is 22.2. The molecule has 22 nitrogen and oxygen atoms in total. The molecule has 5 rings (SSSR count). The number of fused-ring (bicyclic) bond motifs is 5. The lowest BCUT2D eigenvalue weighted by Crippen LogP contribution is -2.54. The number of Topliss-reactive ketones (excluding diaryl/α,β-unsaturated/α-hetero) is 1. The van der Waals surface area contributed by atoms with Crippen molar-refractivity contribution < 1.29 is 71.9 Å². The van der Waals surface area contributed by atoms with E-state index >= 15 is 0 Å². The van der Waals surface area contributed by atoms with Gasteiger partial charge in [0, 0.05) is 52.9 Å². The fourth-order valence-corrected chi connectivity index (χ4v) is 10.4. The largest absolute Gasteiger partial charge is 0.495 e. The smallest absolute Gasteiger partial charge is 0.328 e. The number of allylic oxidation sites excluding steroid dienone is 3. The number of likely N-dealkylation sites (N-methyl/N-ethyl adjacent to an activating group) is 1. The van der Waals surface area contributed by atoms with Crippen LogP contribution in [-0.2, 0) is 58.9 Å². The molecule has 0 aliphatic carbocycles. The molecule has 10 atom stereocenters. The van der Waals surface area contributed by atoms with Crippen LogP contribution in [0.15, 0.2) is 60.2 Å². The van der Waals surface area contributed by atoms with E-state index < -0.39 is 120 Å². The Balaban J connectivity index is 1.41. The van der Waals surface area contributed by atoms with Gasteiger partial charge >= 0.3 is 18.0 Å². The normalized spacial score (nSPS) is 25.0. The van der Waals surface area contributed by atoms with Crippen LogP contribution in [-0.4, -0.2) is 152 Å². The minimum atomic E-state index is -1.68. The number of urea groups is 1. The van der Waals surface area contributed by atoms with Gasteiger partial charge in [-0.2, -0.15) is 0 Å². The summed E-state index contributed by atoms with van der Waals surface area (Å²) in [5.41, 5.74) is 4.13. The topological polar surface area (TPSA) is 304 Å². The van der Waals surface area contributed by atoms with E-state index in [2.05, 4.69) is 21.3 Å². The van der Waals surface area contributed by atoms with Crippen molar-refractivity contribution in [2.45, 2.75) is 166 Å². The maximum atomic E-state index is 14.6. The Labute approximate surface area is 478 Å². The summed E-state index contributed by atoms with van der Waals surface area (Å²) in [5.74, 6) is -5.37. The van der Waals surface area contributed by atoms with Crippen molar-refractivity contribution in [1.82, 2.24) is 20.9 Å². The quantitative estimate of drug-likeness (QED) is 0.0529. The van der Waals surface area contributed by atoms with Gasteiger partial charge in [-0.05, 0) is 95.5 Å². The van der Waals surface area contributed by atoms with Crippen LogP contribution in [0.3, 0.4) is 0 Å². The average molecular weight is 1150 g/mol. The first-order valence-corrected chi connectivity index (χ1v) is 27.6. The number of aliphatic hydroxyl groups is 1. The van der Waals surface area contributed by atoms with E-state index in [1.54, 1.807) is 64.1 Å². The summed E-state index contributed by atoms with van der Waals surface area (Å²) in [4.78, 5) is 123. The first-order valence-electron chi connectivity index (χ1n) is 27.2. The molecule has 3 aliphatic heterocycles. The van der Waals surface area contributed by atoms with Gasteiger partial charge in [-0.3, -0.25) is 28.8 Å². The minimum absolute atomic E-state index is 0.00201. The van der Waals surface area contributed by atoms with Gasteiger partial charge in [-0.25, -0.2) is 9.59 Å².